The summed E-state index contributed by atoms with van der Waals surface area (Å²) in [5.41, 5.74) is 7.15. The van der Waals surface area contributed by atoms with Crippen molar-refractivity contribution < 1.29 is 0 Å². The minimum Gasteiger partial charge on any atom is -0.327 e. The summed E-state index contributed by atoms with van der Waals surface area (Å²) in [7, 11) is 0. The Morgan fingerprint density at radius 1 is 1.19 bits per heavy atom. The van der Waals surface area contributed by atoms with E-state index in [4.69, 9.17) is 28.9 Å². The molecule has 1 unspecified atom stereocenters. The van der Waals surface area contributed by atoms with E-state index in [-0.39, 0.29) is 6.04 Å². The Labute approximate surface area is 108 Å². The zero-order valence-electron chi connectivity index (χ0n) is 9.84. The van der Waals surface area contributed by atoms with E-state index in [1.54, 1.807) is 6.07 Å². The lowest BCUT2D eigenvalue weighted by molar-refractivity contribution is 0.495. The fourth-order valence-electron chi connectivity index (χ4n) is 1.62. The zero-order valence-corrected chi connectivity index (χ0v) is 11.4. The highest BCUT2D eigenvalue weighted by Crippen LogP contribution is 2.22. The molecule has 0 radical (unpaired) electrons. The molecular formula is C13H19Cl2N. The van der Waals surface area contributed by atoms with E-state index in [0.29, 0.717) is 16.0 Å². The van der Waals surface area contributed by atoms with Gasteiger partial charge in [0, 0.05) is 16.1 Å². The van der Waals surface area contributed by atoms with E-state index in [1.165, 1.54) is 0 Å². The number of benzene rings is 1. The molecule has 16 heavy (non-hydrogen) atoms. The maximum absolute atomic E-state index is 6.10. The molecule has 0 aliphatic heterocycles. The van der Waals surface area contributed by atoms with Gasteiger partial charge in [-0.2, -0.15) is 0 Å². The summed E-state index contributed by atoms with van der Waals surface area (Å²) in [6.07, 6.45) is 3.02. The molecule has 0 fully saturated rings. The second-order valence-electron chi connectivity index (χ2n) is 4.67. The van der Waals surface area contributed by atoms with Gasteiger partial charge in [0.25, 0.3) is 0 Å². The average molecular weight is 260 g/mol. The maximum Gasteiger partial charge on any atom is 0.0453 e. The molecule has 1 atom stereocenters. The lowest BCUT2D eigenvalue weighted by atomic mass is 9.98. The van der Waals surface area contributed by atoms with E-state index in [9.17, 15) is 0 Å². The van der Waals surface area contributed by atoms with Crippen molar-refractivity contribution in [3.05, 3.63) is 33.8 Å². The summed E-state index contributed by atoms with van der Waals surface area (Å²) in [5.74, 6) is 0.701. The van der Waals surface area contributed by atoms with Gasteiger partial charge in [-0.05, 0) is 42.9 Å². The Morgan fingerprint density at radius 3 is 2.44 bits per heavy atom. The van der Waals surface area contributed by atoms with Crippen LogP contribution in [-0.2, 0) is 6.42 Å². The minimum absolute atomic E-state index is 0.182. The van der Waals surface area contributed by atoms with Gasteiger partial charge < -0.3 is 5.73 Å². The first-order chi connectivity index (χ1) is 7.49. The molecule has 1 aromatic rings. The van der Waals surface area contributed by atoms with E-state index in [2.05, 4.69) is 13.8 Å². The zero-order chi connectivity index (χ0) is 12.1. The standard InChI is InChI=1S/C13H19Cl2N/c1-9(2)3-6-12(16)7-10-4-5-11(14)8-13(10)15/h4-5,8-9,12H,3,6-7,16H2,1-2H3. The fourth-order valence-corrected chi connectivity index (χ4v) is 2.10. The lowest BCUT2D eigenvalue weighted by Gasteiger charge is -2.14. The predicted octanol–water partition coefficient (Wildman–Crippen LogP) is 4.30. The molecule has 0 spiro atoms. The molecule has 3 heteroatoms. The molecule has 90 valence electrons. The van der Waals surface area contributed by atoms with Gasteiger partial charge in [-0.25, -0.2) is 0 Å². The van der Waals surface area contributed by atoms with Gasteiger partial charge >= 0.3 is 0 Å². The normalized spacial score (nSPS) is 13.1. The van der Waals surface area contributed by atoms with Crippen molar-refractivity contribution in [1.82, 2.24) is 0 Å². The van der Waals surface area contributed by atoms with Gasteiger partial charge in [0.15, 0.2) is 0 Å². The second-order valence-corrected chi connectivity index (χ2v) is 5.51. The highest BCUT2D eigenvalue weighted by atomic mass is 35.5. The molecule has 0 bridgehead atoms. The highest BCUT2D eigenvalue weighted by Gasteiger charge is 2.08. The summed E-state index contributed by atoms with van der Waals surface area (Å²) >= 11 is 11.9. The number of halogens is 2. The van der Waals surface area contributed by atoms with Crippen LogP contribution >= 0.6 is 23.2 Å². The van der Waals surface area contributed by atoms with Gasteiger partial charge in [-0.3, -0.25) is 0 Å². The van der Waals surface area contributed by atoms with E-state index in [0.717, 1.165) is 24.8 Å². The monoisotopic (exact) mass is 259 g/mol. The van der Waals surface area contributed by atoms with Crippen LogP contribution in [0.2, 0.25) is 10.0 Å². The summed E-state index contributed by atoms with van der Waals surface area (Å²) in [5, 5.41) is 1.39. The number of rotatable bonds is 5. The van der Waals surface area contributed by atoms with Crippen molar-refractivity contribution in [1.29, 1.82) is 0 Å². The Kier molecular flexibility index (Phi) is 5.60. The molecule has 1 nitrogen and oxygen atoms in total. The van der Waals surface area contributed by atoms with Gasteiger partial charge in [0.05, 0.1) is 0 Å². The van der Waals surface area contributed by atoms with Crippen molar-refractivity contribution in [2.75, 3.05) is 0 Å². The molecule has 1 rings (SSSR count). The van der Waals surface area contributed by atoms with Crippen LogP contribution < -0.4 is 5.73 Å². The first-order valence-corrected chi connectivity index (χ1v) is 6.44. The fraction of sp³-hybridized carbons (Fsp3) is 0.538. The Hall–Kier alpha value is -0.240. The smallest absolute Gasteiger partial charge is 0.0453 e. The third-order valence-electron chi connectivity index (χ3n) is 2.61. The van der Waals surface area contributed by atoms with E-state index >= 15 is 0 Å². The Morgan fingerprint density at radius 2 is 1.88 bits per heavy atom. The van der Waals surface area contributed by atoms with Gasteiger partial charge in [0.1, 0.15) is 0 Å². The molecule has 1 aromatic carbocycles. The van der Waals surface area contributed by atoms with Crippen molar-refractivity contribution in [2.45, 2.75) is 39.2 Å². The van der Waals surface area contributed by atoms with E-state index in [1.807, 2.05) is 12.1 Å². The first kappa shape index (κ1) is 13.8. The van der Waals surface area contributed by atoms with Crippen LogP contribution in [0.25, 0.3) is 0 Å². The van der Waals surface area contributed by atoms with Crippen LogP contribution in [0.15, 0.2) is 18.2 Å². The predicted molar refractivity (Wildman–Crippen MR) is 72.2 cm³/mol. The van der Waals surface area contributed by atoms with Crippen molar-refractivity contribution in [2.24, 2.45) is 11.7 Å². The van der Waals surface area contributed by atoms with Crippen LogP contribution in [0.5, 0.6) is 0 Å². The van der Waals surface area contributed by atoms with Crippen LogP contribution in [0.3, 0.4) is 0 Å². The van der Waals surface area contributed by atoms with Crippen LogP contribution in [0.4, 0.5) is 0 Å². The Bertz CT molecular complexity index is 337. The largest absolute Gasteiger partial charge is 0.327 e. The molecule has 0 aliphatic carbocycles. The highest BCUT2D eigenvalue weighted by molar-refractivity contribution is 6.35. The molecule has 0 aliphatic rings. The van der Waals surface area contributed by atoms with Crippen LogP contribution in [0, 0.1) is 5.92 Å². The number of hydrogen-bond acceptors (Lipinski definition) is 1. The molecular weight excluding hydrogens is 241 g/mol. The third kappa shape index (κ3) is 4.73. The topological polar surface area (TPSA) is 26.0 Å². The lowest BCUT2D eigenvalue weighted by Crippen LogP contribution is -2.23. The quantitative estimate of drug-likeness (QED) is 0.839. The maximum atomic E-state index is 6.10. The summed E-state index contributed by atoms with van der Waals surface area (Å²) in [6, 6.07) is 5.77. The molecule has 0 saturated heterocycles. The first-order valence-electron chi connectivity index (χ1n) is 5.68. The minimum atomic E-state index is 0.182. The number of hydrogen-bond donors (Lipinski definition) is 1. The van der Waals surface area contributed by atoms with E-state index < -0.39 is 0 Å². The Balaban J connectivity index is 2.52. The molecule has 0 aromatic heterocycles. The van der Waals surface area contributed by atoms with Gasteiger partial charge in [-0.15, -0.1) is 0 Å². The average Bonchev–Trinajstić information content (AvgIpc) is 2.19. The van der Waals surface area contributed by atoms with Gasteiger partial charge in [-0.1, -0.05) is 43.1 Å². The summed E-state index contributed by atoms with van der Waals surface area (Å²) < 4.78 is 0. The summed E-state index contributed by atoms with van der Waals surface area (Å²) in [4.78, 5) is 0. The van der Waals surface area contributed by atoms with Gasteiger partial charge in [0.2, 0.25) is 0 Å². The molecule has 2 N–H and O–H groups in total. The van der Waals surface area contributed by atoms with Crippen molar-refractivity contribution in [3.8, 4) is 0 Å². The van der Waals surface area contributed by atoms with Crippen molar-refractivity contribution in [3.63, 3.8) is 0 Å². The second kappa shape index (κ2) is 6.48. The van der Waals surface area contributed by atoms with Crippen LogP contribution in [0.1, 0.15) is 32.3 Å². The van der Waals surface area contributed by atoms with Crippen LogP contribution in [-0.4, -0.2) is 6.04 Å². The molecule has 0 heterocycles. The molecule has 0 amide bonds. The van der Waals surface area contributed by atoms with Crippen molar-refractivity contribution >= 4 is 23.2 Å². The third-order valence-corrected chi connectivity index (χ3v) is 3.20. The SMILES string of the molecule is CC(C)CCC(N)Cc1ccc(Cl)cc1Cl. The molecule has 0 saturated carbocycles. The summed E-state index contributed by atoms with van der Waals surface area (Å²) in [6.45, 7) is 4.42. The number of nitrogens with two attached hydrogens (primary N) is 1.